The molecule has 0 unspecified atom stereocenters. The third-order valence-electron chi connectivity index (χ3n) is 10.7. The van der Waals surface area contributed by atoms with Gasteiger partial charge in [-0.05, 0) is 80.0 Å². The third kappa shape index (κ3) is 4.73. The Bertz CT molecular complexity index is 2760. The summed E-state index contributed by atoms with van der Waals surface area (Å²) in [5.74, 6) is 0.894. The van der Waals surface area contributed by atoms with E-state index in [-0.39, 0.29) is 5.41 Å². The zero-order valence-electron chi connectivity index (χ0n) is 28.5. The molecule has 0 radical (unpaired) electrons. The molecule has 0 bridgehead atoms. The van der Waals surface area contributed by atoms with Crippen LogP contribution in [0, 0.1) is 0 Å². The first-order valence-corrected chi connectivity index (χ1v) is 18.4. The van der Waals surface area contributed by atoms with Crippen LogP contribution in [0.3, 0.4) is 0 Å². The molecule has 51 heavy (non-hydrogen) atoms. The van der Waals surface area contributed by atoms with Crippen molar-refractivity contribution in [2.45, 2.75) is 19.3 Å². The molecular weight excluding hydrogens is 637 g/mol. The van der Waals surface area contributed by atoms with Crippen LogP contribution < -0.4 is 4.90 Å². The third-order valence-corrected chi connectivity index (χ3v) is 11.9. The predicted molar refractivity (Wildman–Crippen MR) is 218 cm³/mol. The average molecular weight is 671 g/mol. The molecule has 3 heteroatoms. The van der Waals surface area contributed by atoms with Crippen LogP contribution in [0.4, 0.5) is 17.2 Å². The van der Waals surface area contributed by atoms with Crippen LogP contribution in [0.25, 0.3) is 64.3 Å². The Morgan fingerprint density at radius 2 is 1.20 bits per heavy atom. The van der Waals surface area contributed by atoms with Crippen molar-refractivity contribution in [3.05, 3.63) is 181 Å². The van der Waals surface area contributed by atoms with Crippen LogP contribution in [0.15, 0.2) is 170 Å². The van der Waals surface area contributed by atoms with E-state index in [1.54, 1.807) is 0 Å². The Morgan fingerprint density at radius 3 is 2.00 bits per heavy atom. The maximum Gasteiger partial charge on any atom is 0.138 e. The number of pyridine rings is 1. The highest BCUT2D eigenvalue weighted by Crippen LogP contribution is 2.53. The number of nitrogens with zero attached hydrogens (tertiary/aromatic N) is 2. The van der Waals surface area contributed by atoms with Crippen molar-refractivity contribution < 1.29 is 0 Å². The summed E-state index contributed by atoms with van der Waals surface area (Å²) in [5.41, 5.74) is 12.1. The van der Waals surface area contributed by atoms with Crippen LogP contribution in [-0.4, -0.2) is 4.98 Å². The van der Waals surface area contributed by atoms with Gasteiger partial charge in [0.25, 0.3) is 0 Å². The van der Waals surface area contributed by atoms with E-state index >= 15 is 0 Å². The number of hydrogen-bond donors (Lipinski definition) is 0. The number of aromatic nitrogens is 1. The molecule has 2 aromatic heterocycles. The van der Waals surface area contributed by atoms with Gasteiger partial charge in [-0.2, -0.15) is 0 Å². The second kappa shape index (κ2) is 11.5. The molecule has 1 aliphatic rings. The van der Waals surface area contributed by atoms with Gasteiger partial charge in [0.05, 0.1) is 10.4 Å². The molecule has 0 saturated heterocycles. The first-order valence-electron chi connectivity index (χ1n) is 17.5. The molecule has 0 amide bonds. The Labute approximate surface area is 301 Å². The molecule has 0 atom stereocenters. The number of fused-ring (bicyclic) bond motifs is 8. The number of benzene rings is 7. The van der Waals surface area contributed by atoms with Crippen LogP contribution >= 0.6 is 11.3 Å². The minimum atomic E-state index is -0.119. The summed E-state index contributed by atoms with van der Waals surface area (Å²) in [4.78, 5) is 7.62. The van der Waals surface area contributed by atoms with Gasteiger partial charge in [0.1, 0.15) is 5.82 Å². The molecule has 7 aromatic carbocycles. The molecule has 2 nitrogen and oxygen atoms in total. The van der Waals surface area contributed by atoms with E-state index in [2.05, 4.69) is 189 Å². The van der Waals surface area contributed by atoms with Crippen LogP contribution in [0.2, 0.25) is 0 Å². The maximum absolute atomic E-state index is 5.25. The predicted octanol–water partition coefficient (Wildman–Crippen LogP) is 13.7. The van der Waals surface area contributed by atoms with Crippen molar-refractivity contribution >= 4 is 59.5 Å². The first-order chi connectivity index (χ1) is 25.0. The van der Waals surface area contributed by atoms with E-state index in [1.807, 2.05) is 11.3 Å². The van der Waals surface area contributed by atoms with E-state index in [0.717, 1.165) is 17.2 Å². The van der Waals surface area contributed by atoms with Gasteiger partial charge < -0.3 is 0 Å². The molecule has 0 spiro atoms. The molecule has 10 rings (SSSR count). The zero-order chi connectivity index (χ0) is 34.1. The van der Waals surface area contributed by atoms with E-state index < -0.39 is 0 Å². The number of thiophene rings is 1. The summed E-state index contributed by atoms with van der Waals surface area (Å²) < 4.78 is 2.50. The Balaban J connectivity index is 1.25. The van der Waals surface area contributed by atoms with Gasteiger partial charge in [-0.1, -0.05) is 147 Å². The van der Waals surface area contributed by atoms with Crippen molar-refractivity contribution in [1.82, 2.24) is 4.98 Å². The topological polar surface area (TPSA) is 16.1 Å². The van der Waals surface area contributed by atoms with Crippen molar-refractivity contribution in [3.8, 4) is 33.4 Å². The Morgan fingerprint density at radius 1 is 0.510 bits per heavy atom. The van der Waals surface area contributed by atoms with Crippen molar-refractivity contribution in [2.75, 3.05) is 4.90 Å². The SMILES string of the molecule is CC1(C)c2ccccc2-c2cc(N(c3ccc(-c4ccccc4)cc3)c3cc4c(cn3)sc3c5ccccc5ccc43)c(-c3ccccc3)cc21. The molecule has 0 fully saturated rings. The normalized spacial score (nSPS) is 13.1. The fourth-order valence-electron chi connectivity index (χ4n) is 8.12. The Hall–Kier alpha value is -6.03. The Kier molecular flexibility index (Phi) is 6.74. The van der Waals surface area contributed by atoms with Crippen LogP contribution in [0.5, 0.6) is 0 Å². The average Bonchev–Trinajstić information content (AvgIpc) is 3.67. The van der Waals surface area contributed by atoms with Crippen molar-refractivity contribution in [1.29, 1.82) is 0 Å². The van der Waals surface area contributed by atoms with Gasteiger partial charge in [-0.25, -0.2) is 4.98 Å². The zero-order valence-corrected chi connectivity index (χ0v) is 29.3. The van der Waals surface area contributed by atoms with Gasteiger partial charge in [-0.15, -0.1) is 11.3 Å². The van der Waals surface area contributed by atoms with E-state index in [0.29, 0.717) is 0 Å². The molecular formula is C48H34N2S. The lowest BCUT2D eigenvalue weighted by atomic mass is 9.81. The molecule has 0 N–H and O–H groups in total. The van der Waals surface area contributed by atoms with E-state index in [1.165, 1.54) is 75.5 Å². The second-order valence-corrected chi connectivity index (χ2v) is 15.1. The summed E-state index contributed by atoms with van der Waals surface area (Å²) in [6.07, 6.45) is 2.07. The quantitative estimate of drug-likeness (QED) is 0.181. The molecule has 0 saturated carbocycles. The molecule has 242 valence electrons. The number of rotatable bonds is 5. The van der Waals surface area contributed by atoms with Gasteiger partial charge >= 0.3 is 0 Å². The fraction of sp³-hybridized carbons (Fsp3) is 0.0625. The standard InChI is InChI=1S/C48H34N2S/c1-48(2)42-20-12-11-19-37(42)40-28-44(39(27-43(40)48)33-15-7-4-8-16-33)50(35-24-21-32(22-25-35)31-13-5-3-6-14-31)46-29-41-38-26-23-34-17-9-10-18-36(34)47(38)51-45(41)30-49-46/h3-30H,1-2H3. The van der Waals surface area contributed by atoms with Crippen LogP contribution in [0.1, 0.15) is 25.0 Å². The summed E-state index contributed by atoms with van der Waals surface area (Å²) >= 11 is 1.83. The summed E-state index contributed by atoms with van der Waals surface area (Å²) in [6.45, 7) is 4.71. The smallest absolute Gasteiger partial charge is 0.138 e. The summed E-state index contributed by atoms with van der Waals surface area (Å²) in [7, 11) is 0. The van der Waals surface area contributed by atoms with Gasteiger partial charge in [-0.3, -0.25) is 4.90 Å². The van der Waals surface area contributed by atoms with Crippen LogP contribution in [-0.2, 0) is 5.41 Å². The monoisotopic (exact) mass is 670 g/mol. The molecule has 2 heterocycles. The molecule has 1 aliphatic carbocycles. The number of hydrogen-bond acceptors (Lipinski definition) is 3. The van der Waals surface area contributed by atoms with Crippen molar-refractivity contribution in [3.63, 3.8) is 0 Å². The lowest BCUT2D eigenvalue weighted by Gasteiger charge is -2.29. The molecule has 0 aliphatic heterocycles. The minimum Gasteiger partial charge on any atom is -0.294 e. The lowest BCUT2D eigenvalue weighted by Crippen LogP contribution is -2.16. The van der Waals surface area contributed by atoms with Gasteiger partial charge in [0.2, 0.25) is 0 Å². The largest absolute Gasteiger partial charge is 0.294 e. The van der Waals surface area contributed by atoms with E-state index in [9.17, 15) is 0 Å². The fourth-order valence-corrected chi connectivity index (χ4v) is 9.31. The molecule has 9 aromatic rings. The maximum atomic E-state index is 5.25. The first kappa shape index (κ1) is 29.8. The number of anilines is 3. The highest BCUT2D eigenvalue weighted by Gasteiger charge is 2.37. The van der Waals surface area contributed by atoms with E-state index in [4.69, 9.17) is 4.98 Å². The van der Waals surface area contributed by atoms with Gasteiger partial charge in [0.15, 0.2) is 0 Å². The van der Waals surface area contributed by atoms with Crippen molar-refractivity contribution in [2.24, 2.45) is 0 Å². The lowest BCUT2D eigenvalue weighted by molar-refractivity contribution is 0.660. The summed E-state index contributed by atoms with van der Waals surface area (Å²) in [5, 5.41) is 5.05. The minimum absolute atomic E-state index is 0.119. The summed E-state index contributed by atoms with van der Waals surface area (Å²) in [6, 6.07) is 59.6. The van der Waals surface area contributed by atoms with Gasteiger partial charge in [0, 0.05) is 38.3 Å². The highest BCUT2D eigenvalue weighted by atomic mass is 32.1. The second-order valence-electron chi connectivity index (χ2n) is 14.0. The highest BCUT2D eigenvalue weighted by molar-refractivity contribution is 7.26.